The predicted molar refractivity (Wildman–Crippen MR) is 189 cm³/mol. The fourth-order valence-corrected chi connectivity index (χ4v) is 10.3. The molecule has 2 aliphatic rings. The fourth-order valence-electron chi connectivity index (χ4n) is 6.49. The first kappa shape index (κ1) is 36.7. The third-order valence-electron chi connectivity index (χ3n) is 11.8. The molecule has 4 atom stereocenters. The average Bonchev–Trinajstić information content (AvgIpc) is 3.49. The van der Waals surface area contributed by atoms with Crippen LogP contribution in [0.15, 0.2) is 24.3 Å². The first-order valence-corrected chi connectivity index (χ1v) is 23.7. The van der Waals surface area contributed by atoms with Crippen molar-refractivity contribution in [2.24, 2.45) is 17.3 Å². The van der Waals surface area contributed by atoms with Gasteiger partial charge in [0.05, 0.1) is 19.3 Å². The van der Waals surface area contributed by atoms with E-state index in [1.165, 1.54) is 50.5 Å². The zero-order valence-electron chi connectivity index (χ0n) is 29.7. The van der Waals surface area contributed by atoms with Crippen molar-refractivity contribution < 1.29 is 18.4 Å². The highest BCUT2D eigenvalue weighted by Crippen LogP contribution is 2.52. The van der Waals surface area contributed by atoms with Crippen molar-refractivity contribution in [3.63, 3.8) is 0 Å². The van der Waals surface area contributed by atoms with Crippen molar-refractivity contribution in [3.05, 3.63) is 34.0 Å². The number of esters is 1. The van der Waals surface area contributed by atoms with Crippen LogP contribution in [-0.4, -0.2) is 41.9 Å². The Hall–Kier alpha value is -0.736. The van der Waals surface area contributed by atoms with Crippen molar-refractivity contribution in [3.8, 4) is 0 Å². The van der Waals surface area contributed by atoms with Gasteiger partial charge in [-0.1, -0.05) is 67.0 Å². The lowest BCUT2D eigenvalue weighted by atomic mass is 9.63. The van der Waals surface area contributed by atoms with Crippen LogP contribution >= 0.6 is 11.3 Å². The molecule has 1 heterocycles. The van der Waals surface area contributed by atoms with Crippen LogP contribution in [0.2, 0.25) is 36.3 Å². The second-order valence-corrected chi connectivity index (χ2v) is 27.3. The Kier molecular flexibility index (Phi) is 12.3. The maximum Gasteiger partial charge on any atom is 0.348 e. The number of ether oxygens (including phenoxy) is 1. The van der Waals surface area contributed by atoms with Crippen LogP contribution < -0.4 is 0 Å². The Morgan fingerprint density at radius 3 is 2.23 bits per heavy atom. The van der Waals surface area contributed by atoms with E-state index < -0.39 is 16.6 Å². The zero-order chi connectivity index (χ0) is 32.3. The minimum Gasteiger partial charge on any atom is -0.465 e. The molecule has 0 bridgehead atoms. The van der Waals surface area contributed by atoms with Gasteiger partial charge in [0.15, 0.2) is 16.6 Å². The SMILES string of the molecule is CCC1(C(C/C=C/[C@@H]2[C@@H](CCCc3ccc(C(=O)OC)s3)CC[C@@H]2O[Si](C)(C)C(C)(C)C)O[Si](C)(C)C(C)(C)C)CCC1. The summed E-state index contributed by atoms with van der Waals surface area (Å²) in [5.41, 5.74) is 0.343. The molecule has 0 amide bonds. The minimum absolute atomic E-state index is 0.204. The number of carbonyl (C=O) groups is 1. The van der Waals surface area contributed by atoms with Crippen LogP contribution in [0.5, 0.6) is 0 Å². The molecule has 2 aliphatic carbocycles. The van der Waals surface area contributed by atoms with Crippen LogP contribution in [0.25, 0.3) is 0 Å². The lowest BCUT2D eigenvalue weighted by Gasteiger charge is -2.51. The molecule has 1 aromatic heterocycles. The fraction of sp³-hybridized carbons (Fsp3) is 0.806. The molecule has 0 N–H and O–H groups in total. The van der Waals surface area contributed by atoms with E-state index in [0.717, 1.165) is 25.7 Å². The number of rotatable bonds is 14. The van der Waals surface area contributed by atoms with Gasteiger partial charge in [0.1, 0.15) is 4.88 Å². The highest BCUT2D eigenvalue weighted by atomic mass is 32.1. The maximum absolute atomic E-state index is 11.9. The number of methoxy groups -OCH3 is 1. The Morgan fingerprint density at radius 1 is 1.05 bits per heavy atom. The summed E-state index contributed by atoms with van der Waals surface area (Å²) in [7, 11) is -2.30. The normalized spacial score (nSPS) is 23.9. The van der Waals surface area contributed by atoms with Crippen LogP contribution in [0.4, 0.5) is 0 Å². The molecule has 0 aliphatic heterocycles. The van der Waals surface area contributed by atoms with E-state index >= 15 is 0 Å². The summed E-state index contributed by atoms with van der Waals surface area (Å²) in [6.45, 7) is 26.2. The average molecular weight is 649 g/mol. The van der Waals surface area contributed by atoms with Gasteiger partial charge in [-0.25, -0.2) is 4.79 Å². The van der Waals surface area contributed by atoms with E-state index in [0.29, 0.717) is 34.3 Å². The molecular formula is C36H64O4SSi2. The first-order valence-electron chi connectivity index (χ1n) is 17.0. The number of carbonyl (C=O) groups excluding carboxylic acids is 1. The van der Waals surface area contributed by atoms with E-state index in [1.807, 2.05) is 6.07 Å². The lowest BCUT2D eigenvalue weighted by Crippen LogP contribution is -2.51. The molecule has 1 aromatic rings. The molecule has 0 saturated heterocycles. The summed E-state index contributed by atoms with van der Waals surface area (Å²) in [4.78, 5) is 13.9. The molecule has 4 nitrogen and oxygen atoms in total. The summed E-state index contributed by atoms with van der Waals surface area (Å²) in [5.74, 6) is 0.857. The Morgan fingerprint density at radius 2 is 1.70 bits per heavy atom. The van der Waals surface area contributed by atoms with E-state index in [1.54, 1.807) is 11.3 Å². The van der Waals surface area contributed by atoms with Crippen molar-refractivity contribution in [1.29, 1.82) is 0 Å². The summed E-state index contributed by atoms with van der Waals surface area (Å²) in [6, 6.07) is 4.00. The van der Waals surface area contributed by atoms with Crippen molar-refractivity contribution in [1.82, 2.24) is 0 Å². The second kappa shape index (κ2) is 14.4. The van der Waals surface area contributed by atoms with Gasteiger partial charge in [0.25, 0.3) is 0 Å². The number of thiophene rings is 1. The lowest BCUT2D eigenvalue weighted by molar-refractivity contribution is -0.0273. The van der Waals surface area contributed by atoms with Crippen LogP contribution in [-0.2, 0) is 20.0 Å². The highest BCUT2D eigenvalue weighted by Gasteiger charge is 2.48. The summed E-state index contributed by atoms with van der Waals surface area (Å²) < 4.78 is 19.3. The van der Waals surface area contributed by atoms with Crippen molar-refractivity contribution >= 4 is 33.9 Å². The van der Waals surface area contributed by atoms with Gasteiger partial charge in [-0.15, -0.1) is 11.3 Å². The number of hydrogen-bond acceptors (Lipinski definition) is 5. The molecule has 0 aromatic carbocycles. The monoisotopic (exact) mass is 648 g/mol. The highest BCUT2D eigenvalue weighted by molar-refractivity contribution is 7.13. The molecular weight excluding hydrogens is 585 g/mol. The topological polar surface area (TPSA) is 44.8 Å². The third kappa shape index (κ3) is 8.96. The van der Waals surface area contributed by atoms with E-state index in [4.69, 9.17) is 13.6 Å². The summed E-state index contributed by atoms with van der Waals surface area (Å²) in [5, 5.41) is 0.419. The third-order valence-corrected chi connectivity index (χ3v) is 21.9. The zero-order valence-corrected chi connectivity index (χ0v) is 32.5. The molecule has 1 unspecified atom stereocenters. The molecule has 0 spiro atoms. The summed E-state index contributed by atoms with van der Waals surface area (Å²) >= 11 is 1.58. The van der Waals surface area contributed by atoms with E-state index in [-0.39, 0.29) is 16.0 Å². The molecule has 43 heavy (non-hydrogen) atoms. The molecule has 246 valence electrons. The van der Waals surface area contributed by atoms with Gasteiger partial charge in [0.2, 0.25) is 0 Å². The van der Waals surface area contributed by atoms with Gasteiger partial charge >= 0.3 is 5.97 Å². The van der Waals surface area contributed by atoms with E-state index in [2.05, 4.69) is 92.9 Å². The van der Waals surface area contributed by atoms with Gasteiger partial charge in [-0.2, -0.15) is 0 Å². The quantitative estimate of drug-likeness (QED) is 0.114. The van der Waals surface area contributed by atoms with Crippen molar-refractivity contribution in [2.45, 2.75) is 161 Å². The van der Waals surface area contributed by atoms with E-state index in [9.17, 15) is 4.79 Å². The van der Waals surface area contributed by atoms with Gasteiger partial charge in [-0.3, -0.25) is 0 Å². The number of aryl methyl sites for hydroxylation is 1. The second-order valence-electron chi connectivity index (χ2n) is 16.6. The van der Waals surface area contributed by atoms with Gasteiger partial charge in [-0.05, 0) is 118 Å². The Labute approximate surface area is 271 Å². The number of hydrogen-bond donors (Lipinski definition) is 0. The molecule has 2 fully saturated rings. The van der Waals surface area contributed by atoms with Crippen molar-refractivity contribution in [2.75, 3.05) is 7.11 Å². The van der Waals surface area contributed by atoms with Crippen LogP contribution in [0.3, 0.4) is 0 Å². The van der Waals surface area contributed by atoms with Crippen LogP contribution in [0, 0.1) is 17.3 Å². The molecule has 0 radical (unpaired) electrons. The first-order chi connectivity index (χ1) is 19.9. The Bertz CT molecular complexity index is 1070. The van der Waals surface area contributed by atoms with Gasteiger partial charge in [0, 0.05) is 10.8 Å². The smallest absolute Gasteiger partial charge is 0.348 e. The summed E-state index contributed by atoms with van der Waals surface area (Å²) in [6.07, 6.45) is 17.6. The molecule has 2 saturated carbocycles. The minimum atomic E-state index is -1.88. The maximum atomic E-state index is 11.9. The molecule has 7 heteroatoms. The predicted octanol–water partition coefficient (Wildman–Crippen LogP) is 11.2. The largest absolute Gasteiger partial charge is 0.465 e. The van der Waals surface area contributed by atoms with Crippen LogP contribution in [0.1, 0.15) is 121 Å². The molecule has 3 rings (SSSR count). The Balaban J connectivity index is 1.77. The standard InChI is InChI=1S/C36H64O4SSi2/c1-13-36(25-16-26-36)32(40-43(11,12)35(5,6)7)20-15-19-29-27(21-23-30(29)39-42(9,10)34(2,3)4)17-14-18-28-22-24-31(41-28)33(37)38-8/h15,19,22,24,27,29-30,32H,13-14,16-18,20-21,23,25-26H2,1-12H3/b19-15+/t27-,29+,30-,32?/m0/s1. The van der Waals surface area contributed by atoms with Gasteiger partial charge < -0.3 is 13.6 Å².